The van der Waals surface area contributed by atoms with E-state index in [1.54, 1.807) is 24.5 Å². The fraction of sp³-hybridized carbons (Fsp3) is 0.286. The Morgan fingerprint density at radius 1 is 1.20 bits per heavy atom. The third-order valence-corrected chi connectivity index (χ3v) is 4.87. The van der Waals surface area contributed by atoms with Crippen LogP contribution in [0.2, 0.25) is 0 Å². The third-order valence-electron chi connectivity index (χ3n) is 4.87. The maximum Gasteiger partial charge on any atom is 0.418 e. The van der Waals surface area contributed by atoms with Crippen molar-refractivity contribution < 1.29 is 22.7 Å². The number of halogens is 3. The quantitative estimate of drug-likeness (QED) is 0.686. The number of amides is 1. The number of pyridine rings is 1. The molecule has 0 radical (unpaired) electrons. The Bertz CT molecular complexity index is 1030. The number of alkyl halides is 3. The predicted molar refractivity (Wildman–Crippen MR) is 103 cm³/mol. The summed E-state index contributed by atoms with van der Waals surface area (Å²) in [6.45, 7) is 0.930. The molecule has 1 N–H and O–H groups in total. The molecule has 0 unspecified atom stereocenters. The van der Waals surface area contributed by atoms with E-state index < -0.39 is 17.6 Å². The van der Waals surface area contributed by atoms with Crippen LogP contribution < -0.4 is 5.32 Å². The lowest BCUT2D eigenvalue weighted by molar-refractivity contribution is -0.137. The molecule has 1 aliphatic heterocycles. The molecule has 9 heteroatoms. The number of para-hydroxylation sites is 1. The van der Waals surface area contributed by atoms with Gasteiger partial charge in [0, 0.05) is 31.1 Å². The lowest BCUT2D eigenvalue weighted by Gasteiger charge is -2.15. The van der Waals surface area contributed by atoms with Gasteiger partial charge < -0.3 is 10.1 Å². The number of benzene rings is 1. The third kappa shape index (κ3) is 4.20. The number of nitrogens with one attached hydrogen (secondary N) is 1. The Hall–Kier alpha value is -3.20. The van der Waals surface area contributed by atoms with E-state index in [1.807, 2.05) is 0 Å². The fourth-order valence-electron chi connectivity index (χ4n) is 3.39. The minimum absolute atomic E-state index is 0.0107. The molecular formula is C21H19F3N4O2. The van der Waals surface area contributed by atoms with E-state index in [2.05, 4.69) is 15.4 Å². The van der Waals surface area contributed by atoms with Gasteiger partial charge in [0.05, 0.1) is 23.0 Å². The predicted octanol–water partition coefficient (Wildman–Crippen LogP) is 3.86. The van der Waals surface area contributed by atoms with E-state index >= 15 is 0 Å². The lowest BCUT2D eigenvalue weighted by atomic mass is 10.1. The van der Waals surface area contributed by atoms with Crippen molar-refractivity contribution in [1.29, 1.82) is 0 Å². The second-order valence-electron chi connectivity index (χ2n) is 6.92. The van der Waals surface area contributed by atoms with Crippen LogP contribution in [0.4, 0.5) is 13.2 Å². The molecule has 0 saturated carbocycles. The molecular weight excluding hydrogens is 397 g/mol. The molecule has 1 amide bonds. The molecule has 0 aliphatic carbocycles. The van der Waals surface area contributed by atoms with Crippen molar-refractivity contribution in [3.8, 4) is 16.9 Å². The van der Waals surface area contributed by atoms with E-state index in [0.717, 1.165) is 23.6 Å². The van der Waals surface area contributed by atoms with Crippen molar-refractivity contribution in [2.75, 3.05) is 13.2 Å². The van der Waals surface area contributed by atoms with Crippen molar-refractivity contribution in [3.63, 3.8) is 0 Å². The van der Waals surface area contributed by atoms with E-state index in [9.17, 15) is 18.0 Å². The highest BCUT2D eigenvalue weighted by atomic mass is 19.4. The Balaban J connectivity index is 1.75. The second kappa shape index (κ2) is 8.27. The average Bonchev–Trinajstić information content (AvgIpc) is 3.42. The molecule has 1 aromatic carbocycles. The summed E-state index contributed by atoms with van der Waals surface area (Å²) in [5, 5.41) is 7.08. The summed E-state index contributed by atoms with van der Waals surface area (Å²) in [7, 11) is 0. The van der Waals surface area contributed by atoms with Crippen LogP contribution in [0.3, 0.4) is 0 Å². The zero-order chi connectivity index (χ0) is 21.1. The maximum atomic E-state index is 13.6. The van der Waals surface area contributed by atoms with E-state index in [4.69, 9.17) is 4.74 Å². The zero-order valence-corrected chi connectivity index (χ0v) is 15.9. The smallest absolute Gasteiger partial charge is 0.376 e. The molecule has 156 valence electrons. The first-order chi connectivity index (χ1) is 14.4. The summed E-state index contributed by atoms with van der Waals surface area (Å²) in [4.78, 5) is 16.8. The SMILES string of the molecule is O=C(NC[C@@H]1CCCO1)c1cc(-c2ccncc2)nn1-c1ccccc1C(F)(F)F. The van der Waals surface area contributed by atoms with Crippen LogP contribution >= 0.6 is 0 Å². The van der Waals surface area contributed by atoms with Gasteiger partial charge in [-0.25, -0.2) is 4.68 Å². The largest absolute Gasteiger partial charge is 0.418 e. The molecule has 3 aromatic rings. The topological polar surface area (TPSA) is 69.0 Å². The average molecular weight is 416 g/mol. The van der Waals surface area contributed by atoms with Crippen LogP contribution in [0.5, 0.6) is 0 Å². The van der Waals surface area contributed by atoms with Gasteiger partial charge in [0.2, 0.25) is 0 Å². The van der Waals surface area contributed by atoms with Gasteiger partial charge in [-0.2, -0.15) is 18.3 Å². The number of ether oxygens (including phenoxy) is 1. The van der Waals surface area contributed by atoms with Crippen molar-refractivity contribution >= 4 is 5.91 Å². The number of hydrogen-bond acceptors (Lipinski definition) is 4. The van der Waals surface area contributed by atoms with Gasteiger partial charge in [-0.05, 0) is 43.2 Å². The Labute approximate surface area is 170 Å². The first-order valence-electron chi connectivity index (χ1n) is 9.50. The standard InChI is InChI=1S/C21H19F3N4O2/c22-21(23,24)16-5-1-2-6-18(16)28-19(20(29)26-13-15-4-3-11-30-15)12-17(27-28)14-7-9-25-10-8-14/h1-2,5-10,12,15H,3-4,11,13H2,(H,26,29)/t15-/m0/s1. The number of hydrogen-bond donors (Lipinski definition) is 1. The number of nitrogens with zero attached hydrogens (tertiary/aromatic N) is 3. The van der Waals surface area contributed by atoms with Gasteiger partial charge in [-0.15, -0.1) is 0 Å². The molecule has 4 rings (SSSR count). The van der Waals surface area contributed by atoms with Gasteiger partial charge in [0.1, 0.15) is 5.69 Å². The summed E-state index contributed by atoms with van der Waals surface area (Å²) in [6.07, 6.45) is 0.171. The second-order valence-corrected chi connectivity index (χ2v) is 6.92. The van der Waals surface area contributed by atoms with Crippen LogP contribution in [0.1, 0.15) is 28.9 Å². The fourth-order valence-corrected chi connectivity index (χ4v) is 3.39. The molecule has 0 bridgehead atoms. The van der Waals surface area contributed by atoms with Gasteiger partial charge in [0.25, 0.3) is 5.91 Å². The summed E-state index contributed by atoms with van der Waals surface area (Å²) in [6, 6.07) is 9.88. The molecule has 1 atom stereocenters. The molecule has 3 heterocycles. The van der Waals surface area contributed by atoms with Crippen LogP contribution in [0.25, 0.3) is 16.9 Å². The minimum Gasteiger partial charge on any atom is -0.376 e. The molecule has 30 heavy (non-hydrogen) atoms. The van der Waals surface area contributed by atoms with Crippen molar-refractivity contribution in [1.82, 2.24) is 20.1 Å². The monoisotopic (exact) mass is 416 g/mol. The number of rotatable bonds is 5. The summed E-state index contributed by atoms with van der Waals surface area (Å²) >= 11 is 0. The Kier molecular flexibility index (Phi) is 5.54. The van der Waals surface area contributed by atoms with Crippen molar-refractivity contribution in [2.45, 2.75) is 25.1 Å². The van der Waals surface area contributed by atoms with Gasteiger partial charge in [-0.3, -0.25) is 9.78 Å². The van der Waals surface area contributed by atoms with Gasteiger partial charge in [0.15, 0.2) is 0 Å². The van der Waals surface area contributed by atoms with Gasteiger partial charge in [-0.1, -0.05) is 12.1 Å². The summed E-state index contributed by atoms with van der Waals surface area (Å²) in [5.41, 5.74) is -0.0651. The molecule has 0 spiro atoms. The van der Waals surface area contributed by atoms with Crippen LogP contribution in [-0.4, -0.2) is 39.9 Å². The first-order valence-corrected chi connectivity index (χ1v) is 9.50. The number of carbonyl (C=O) groups excluding carboxylic acids is 1. The highest BCUT2D eigenvalue weighted by molar-refractivity contribution is 5.94. The Morgan fingerprint density at radius 3 is 2.67 bits per heavy atom. The number of carbonyl (C=O) groups is 1. The molecule has 6 nitrogen and oxygen atoms in total. The minimum atomic E-state index is -4.59. The maximum absolute atomic E-state index is 13.6. The zero-order valence-electron chi connectivity index (χ0n) is 15.9. The highest BCUT2D eigenvalue weighted by Gasteiger charge is 2.35. The normalized spacial score (nSPS) is 16.6. The number of aromatic nitrogens is 3. The Morgan fingerprint density at radius 2 is 1.97 bits per heavy atom. The highest BCUT2D eigenvalue weighted by Crippen LogP contribution is 2.34. The van der Waals surface area contributed by atoms with Crippen molar-refractivity contribution in [3.05, 3.63) is 66.1 Å². The molecule has 1 fully saturated rings. The molecule has 1 saturated heterocycles. The van der Waals surface area contributed by atoms with Crippen LogP contribution in [-0.2, 0) is 10.9 Å². The van der Waals surface area contributed by atoms with Crippen LogP contribution in [0, 0.1) is 0 Å². The lowest BCUT2D eigenvalue weighted by Crippen LogP contribution is -2.33. The summed E-state index contributed by atoms with van der Waals surface area (Å²) < 4.78 is 47.3. The molecule has 2 aromatic heterocycles. The summed E-state index contributed by atoms with van der Waals surface area (Å²) in [5.74, 6) is -0.518. The van der Waals surface area contributed by atoms with E-state index in [0.29, 0.717) is 17.9 Å². The van der Waals surface area contributed by atoms with Crippen molar-refractivity contribution in [2.24, 2.45) is 0 Å². The molecule has 1 aliphatic rings. The van der Waals surface area contributed by atoms with Gasteiger partial charge >= 0.3 is 6.18 Å². The van der Waals surface area contributed by atoms with Crippen LogP contribution in [0.15, 0.2) is 54.9 Å². The van der Waals surface area contributed by atoms with E-state index in [-0.39, 0.29) is 24.0 Å². The first kappa shape index (κ1) is 20.1. The van der Waals surface area contributed by atoms with E-state index in [1.165, 1.54) is 24.3 Å².